The molecular weight excluding hydrogens is 174 g/mol. The van der Waals surface area contributed by atoms with E-state index < -0.39 is 0 Å². The van der Waals surface area contributed by atoms with Crippen molar-refractivity contribution < 1.29 is 4.79 Å². The van der Waals surface area contributed by atoms with E-state index in [-0.39, 0.29) is 16.9 Å². The van der Waals surface area contributed by atoms with Crippen LogP contribution in [-0.2, 0) is 4.79 Å². The van der Waals surface area contributed by atoms with Gasteiger partial charge in [0.25, 0.3) is 0 Å². The van der Waals surface area contributed by atoms with Crippen molar-refractivity contribution in [2.45, 2.75) is 53.5 Å². The highest BCUT2D eigenvalue weighted by atomic mass is 16.1. The standard InChI is InChI=1S/C12H23NO/c1-8-11(4,5)12(6,7)13-10(14)9(2)3/h2,8H2,1,3-7H3,(H,13,14). The molecule has 0 aliphatic rings. The third kappa shape index (κ3) is 2.86. The number of hydrogen-bond donors (Lipinski definition) is 1. The zero-order chi connectivity index (χ0) is 11.6. The van der Waals surface area contributed by atoms with Crippen molar-refractivity contribution in [3.05, 3.63) is 12.2 Å². The van der Waals surface area contributed by atoms with Crippen LogP contribution in [0.1, 0.15) is 48.0 Å². The van der Waals surface area contributed by atoms with Crippen LogP contribution in [0.3, 0.4) is 0 Å². The van der Waals surface area contributed by atoms with Gasteiger partial charge >= 0.3 is 0 Å². The summed E-state index contributed by atoms with van der Waals surface area (Å²) in [6.07, 6.45) is 1.02. The summed E-state index contributed by atoms with van der Waals surface area (Å²) in [6, 6.07) is 0. The molecular formula is C12H23NO. The van der Waals surface area contributed by atoms with Gasteiger partial charge in [-0.15, -0.1) is 0 Å². The Morgan fingerprint density at radius 2 is 1.71 bits per heavy atom. The molecule has 0 saturated heterocycles. The van der Waals surface area contributed by atoms with Crippen LogP contribution >= 0.6 is 0 Å². The van der Waals surface area contributed by atoms with Crippen molar-refractivity contribution >= 4 is 5.91 Å². The monoisotopic (exact) mass is 197 g/mol. The summed E-state index contributed by atoms with van der Waals surface area (Å²) in [5.74, 6) is -0.0588. The van der Waals surface area contributed by atoms with E-state index in [1.54, 1.807) is 6.92 Å². The molecule has 0 rings (SSSR count). The maximum absolute atomic E-state index is 11.5. The van der Waals surface area contributed by atoms with E-state index in [9.17, 15) is 4.79 Å². The molecule has 0 aliphatic heterocycles. The molecule has 0 fully saturated rings. The zero-order valence-corrected chi connectivity index (χ0v) is 10.3. The Balaban J connectivity index is 4.65. The Morgan fingerprint density at radius 1 is 1.29 bits per heavy atom. The Bertz CT molecular complexity index is 239. The summed E-state index contributed by atoms with van der Waals surface area (Å²) in [7, 11) is 0. The topological polar surface area (TPSA) is 29.1 Å². The predicted molar refractivity (Wildman–Crippen MR) is 61.1 cm³/mol. The third-order valence-corrected chi connectivity index (χ3v) is 3.39. The Morgan fingerprint density at radius 3 is 2.00 bits per heavy atom. The summed E-state index contributed by atoms with van der Waals surface area (Å²) in [6.45, 7) is 15.9. The van der Waals surface area contributed by atoms with E-state index in [1.165, 1.54) is 0 Å². The number of rotatable bonds is 4. The number of carbonyl (C=O) groups excluding carboxylic acids is 1. The van der Waals surface area contributed by atoms with E-state index in [0.29, 0.717) is 5.57 Å². The molecule has 2 heteroatoms. The lowest BCUT2D eigenvalue weighted by Gasteiger charge is -2.41. The number of nitrogens with one attached hydrogen (secondary N) is 1. The molecule has 0 aromatic carbocycles. The van der Waals surface area contributed by atoms with Gasteiger partial charge in [-0.25, -0.2) is 0 Å². The van der Waals surface area contributed by atoms with Crippen molar-refractivity contribution in [3.63, 3.8) is 0 Å². The normalized spacial score (nSPS) is 12.4. The van der Waals surface area contributed by atoms with E-state index in [4.69, 9.17) is 0 Å². The minimum absolute atomic E-state index is 0.0588. The molecule has 0 bridgehead atoms. The summed E-state index contributed by atoms with van der Waals surface area (Å²) in [5, 5.41) is 3.01. The molecule has 0 aromatic rings. The maximum Gasteiger partial charge on any atom is 0.246 e. The van der Waals surface area contributed by atoms with Crippen LogP contribution in [0.5, 0.6) is 0 Å². The molecule has 1 amide bonds. The lowest BCUT2D eigenvalue weighted by molar-refractivity contribution is -0.120. The van der Waals surface area contributed by atoms with Crippen molar-refractivity contribution in [1.29, 1.82) is 0 Å². The van der Waals surface area contributed by atoms with Gasteiger partial charge in [-0.05, 0) is 32.6 Å². The largest absolute Gasteiger partial charge is 0.347 e. The minimum atomic E-state index is -0.211. The molecule has 0 unspecified atom stereocenters. The third-order valence-electron chi connectivity index (χ3n) is 3.39. The molecule has 1 N–H and O–H groups in total. The second kappa shape index (κ2) is 4.16. The first-order valence-electron chi connectivity index (χ1n) is 5.12. The zero-order valence-electron chi connectivity index (χ0n) is 10.3. The van der Waals surface area contributed by atoms with E-state index >= 15 is 0 Å². The number of amides is 1. The van der Waals surface area contributed by atoms with Gasteiger partial charge in [0.15, 0.2) is 0 Å². The van der Waals surface area contributed by atoms with Gasteiger partial charge < -0.3 is 5.32 Å². The lowest BCUT2D eigenvalue weighted by Crippen LogP contribution is -2.53. The fourth-order valence-electron chi connectivity index (χ4n) is 1.00. The quantitative estimate of drug-likeness (QED) is 0.690. The van der Waals surface area contributed by atoms with E-state index in [2.05, 4.69) is 46.5 Å². The van der Waals surface area contributed by atoms with Crippen LogP contribution < -0.4 is 5.32 Å². The Kier molecular flexibility index (Phi) is 3.92. The van der Waals surface area contributed by atoms with Crippen molar-refractivity contribution in [2.24, 2.45) is 5.41 Å². The lowest BCUT2D eigenvalue weighted by atomic mass is 9.72. The first kappa shape index (κ1) is 13.2. The SMILES string of the molecule is C=C(C)C(=O)NC(C)(C)C(C)(C)CC. The van der Waals surface area contributed by atoms with Gasteiger partial charge in [-0.3, -0.25) is 4.79 Å². The van der Waals surface area contributed by atoms with Gasteiger partial charge in [0.1, 0.15) is 0 Å². The van der Waals surface area contributed by atoms with E-state index in [1.807, 2.05) is 0 Å². The molecule has 2 nitrogen and oxygen atoms in total. The van der Waals surface area contributed by atoms with Gasteiger partial charge in [0, 0.05) is 11.1 Å². The van der Waals surface area contributed by atoms with Crippen LogP contribution in [0.25, 0.3) is 0 Å². The molecule has 0 heterocycles. The minimum Gasteiger partial charge on any atom is -0.347 e. The van der Waals surface area contributed by atoms with Crippen molar-refractivity contribution in [2.75, 3.05) is 0 Å². The molecule has 0 saturated carbocycles. The smallest absolute Gasteiger partial charge is 0.246 e. The molecule has 0 aliphatic carbocycles. The highest BCUT2D eigenvalue weighted by Crippen LogP contribution is 2.33. The number of hydrogen-bond acceptors (Lipinski definition) is 1. The average molecular weight is 197 g/mol. The van der Waals surface area contributed by atoms with Gasteiger partial charge in [-0.1, -0.05) is 27.4 Å². The molecule has 0 spiro atoms. The molecule has 14 heavy (non-hydrogen) atoms. The molecule has 0 atom stereocenters. The van der Waals surface area contributed by atoms with Crippen LogP contribution in [0, 0.1) is 5.41 Å². The van der Waals surface area contributed by atoms with Gasteiger partial charge in [0.05, 0.1) is 0 Å². The first-order valence-corrected chi connectivity index (χ1v) is 5.12. The molecule has 0 aromatic heterocycles. The fraction of sp³-hybridized carbons (Fsp3) is 0.750. The summed E-state index contributed by atoms with van der Waals surface area (Å²) < 4.78 is 0. The van der Waals surface area contributed by atoms with Gasteiger partial charge in [0.2, 0.25) is 5.91 Å². The summed E-state index contributed by atoms with van der Waals surface area (Å²) >= 11 is 0. The Hall–Kier alpha value is -0.790. The second-order valence-corrected chi connectivity index (χ2v) is 5.10. The van der Waals surface area contributed by atoms with Crippen LogP contribution in [0.2, 0.25) is 0 Å². The highest BCUT2D eigenvalue weighted by Gasteiger charge is 2.36. The average Bonchev–Trinajstić information content (AvgIpc) is 2.03. The molecule has 0 radical (unpaired) electrons. The predicted octanol–water partition coefficient (Wildman–Crippen LogP) is 2.89. The summed E-state index contributed by atoms with van der Waals surface area (Å²) in [5.41, 5.74) is 0.431. The van der Waals surface area contributed by atoms with Crippen molar-refractivity contribution in [3.8, 4) is 0 Å². The fourth-order valence-corrected chi connectivity index (χ4v) is 1.00. The molecule has 82 valence electrons. The van der Waals surface area contributed by atoms with E-state index in [0.717, 1.165) is 6.42 Å². The van der Waals surface area contributed by atoms with Crippen LogP contribution in [0.4, 0.5) is 0 Å². The van der Waals surface area contributed by atoms with Crippen molar-refractivity contribution in [1.82, 2.24) is 5.32 Å². The first-order chi connectivity index (χ1) is 6.14. The Labute approximate surface area is 87.8 Å². The van der Waals surface area contributed by atoms with Crippen LogP contribution in [-0.4, -0.2) is 11.4 Å². The van der Waals surface area contributed by atoms with Crippen LogP contribution in [0.15, 0.2) is 12.2 Å². The maximum atomic E-state index is 11.5. The second-order valence-electron chi connectivity index (χ2n) is 5.10. The summed E-state index contributed by atoms with van der Waals surface area (Å²) in [4.78, 5) is 11.5. The van der Waals surface area contributed by atoms with Gasteiger partial charge in [-0.2, -0.15) is 0 Å². The highest BCUT2D eigenvalue weighted by molar-refractivity contribution is 5.92. The number of carbonyl (C=O) groups is 1.